The number of hydrogen-bond acceptors (Lipinski definition) is 0. The molecule has 2 rings (SSSR count). The van der Waals surface area contributed by atoms with Crippen molar-refractivity contribution in [2.45, 2.75) is 19.3 Å². The average Bonchev–Trinajstić information content (AvgIpc) is 3.01. The quantitative estimate of drug-likeness (QED) is 0.719. The van der Waals surface area contributed by atoms with Crippen LogP contribution < -0.4 is 0 Å². The lowest BCUT2D eigenvalue weighted by atomic mass is 9.97. The smallest absolute Gasteiger partial charge is 0.0257 e. The van der Waals surface area contributed by atoms with Gasteiger partial charge in [0.1, 0.15) is 0 Å². The molecule has 1 fully saturated rings. The Morgan fingerprint density at radius 2 is 1.93 bits per heavy atom. The summed E-state index contributed by atoms with van der Waals surface area (Å²) in [5, 5.41) is 0. The Morgan fingerprint density at radius 1 is 1.29 bits per heavy atom. The van der Waals surface area contributed by atoms with E-state index in [-0.39, 0.29) is 0 Å². The molecule has 1 aromatic rings. The molecule has 1 aliphatic rings. The molecule has 1 unspecified atom stereocenters. The highest BCUT2D eigenvalue weighted by Crippen LogP contribution is 2.39. The second kappa shape index (κ2) is 4.67. The summed E-state index contributed by atoms with van der Waals surface area (Å²) in [6, 6.07) is 8.58. The Kier molecular flexibility index (Phi) is 3.51. The van der Waals surface area contributed by atoms with Gasteiger partial charge >= 0.3 is 0 Å². The zero-order chi connectivity index (χ0) is 9.97. The van der Waals surface area contributed by atoms with Gasteiger partial charge in [0.15, 0.2) is 0 Å². The Labute approximate surface area is 98.8 Å². The summed E-state index contributed by atoms with van der Waals surface area (Å²) in [5.74, 6) is 2.40. The van der Waals surface area contributed by atoms with Gasteiger partial charge in [0.05, 0.1) is 0 Å². The van der Waals surface area contributed by atoms with Gasteiger partial charge in [-0.25, -0.2) is 0 Å². The normalized spacial score (nSPS) is 18.1. The SMILES string of the molecule is ClCC(Cc1ccc(Br)cc1)C1CC1. The highest BCUT2D eigenvalue weighted by atomic mass is 79.9. The molecule has 0 aromatic heterocycles. The molecule has 0 aliphatic heterocycles. The van der Waals surface area contributed by atoms with Gasteiger partial charge in [-0.1, -0.05) is 28.1 Å². The molecule has 2 heteroatoms. The van der Waals surface area contributed by atoms with E-state index in [9.17, 15) is 0 Å². The molecule has 1 aliphatic carbocycles. The summed E-state index contributed by atoms with van der Waals surface area (Å²) < 4.78 is 1.15. The Balaban J connectivity index is 1.98. The molecule has 1 aromatic carbocycles. The van der Waals surface area contributed by atoms with Gasteiger partial charge in [0.25, 0.3) is 0 Å². The Bertz CT molecular complexity index is 290. The predicted octanol–water partition coefficient (Wildman–Crippen LogP) is 4.26. The molecule has 0 spiro atoms. The number of rotatable bonds is 4. The molecular formula is C12H14BrCl. The third kappa shape index (κ3) is 2.74. The number of halogens is 2. The lowest BCUT2D eigenvalue weighted by Gasteiger charge is -2.12. The third-order valence-electron chi connectivity index (χ3n) is 2.90. The molecule has 14 heavy (non-hydrogen) atoms. The largest absolute Gasteiger partial charge is 0.126 e. The molecule has 0 bridgehead atoms. The first-order valence-corrected chi connectivity index (χ1v) is 6.43. The lowest BCUT2D eigenvalue weighted by molar-refractivity contribution is 0.513. The van der Waals surface area contributed by atoms with Crippen molar-refractivity contribution < 1.29 is 0 Å². The molecule has 1 saturated carbocycles. The van der Waals surface area contributed by atoms with Gasteiger partial charge < -0.3 is 0 Å². The van der Waals surface area contributed by atoms with E-state index in [1.54, 1.807) is 0 Å². The van der Waals surface area contributed by atoms with Crippen LogP contribution in [0.15, 0.2) is 28.7 Å². The van der Waals surface area contributed by atoms with Crippen LogP contribution in [0.25, 0.3) is 0 Å². The monoisotopic (exact) mass is 272 g/mol. The molecule has 0 heterocycles. The van der Waals surface area contributed by atoms with Crippen molar-refractivity contribution in [1.29, 1.82) is 0 Å². The number of benzene rings is 1. The van der Waals surface area contributed by atoms with Crippen LogP contribution in [-0.2, 0) is 6.42 Å². The van der Waals surface area contributed by atoms with E-state index >= 15 is 0 Å². The van der Waals surface area contributed by atoms with Crippen LogP contribution in [0, 0.1) is 11.8 Å². The van der Waals surface area contributed by atoms with Gasteiger partial charge in [-0.3, -0.25) is 0 Å². The average molecular weight is 274 g/mol. The molecule has 0 amide bonds. The van der Waals surface area contributed by atoms with Crippen molar-refractivity contribution in [2.24, 2.45) is 11.8 Å². The Morgan fingerprint density at radius 3 is 2.43 bits per heavy atom. The topological polar surface area (TPSA) is 0 Å². The summed E-state index contributed by atoms with van der Waals surface area (Å²) in [6.45, 7) is 0. The zero-order valence-electron chi connectivity index (χ0n) is 8.05. The first-order chi connectivity index (χ1) is 6.79. The van der Waals surface area contributed by atoms with E-state index in [0.29, 0.717) is 5.92 Å². The van der Waals surface area contributed by atoms with Crippen LogP contribution in [0.2, 0.25) is 0 Å². The number of alkyl halides is 1. The summed E-state index contributed by atoms with van der Waals surface area (Å²) in [7, 11) is 0. The first kappa shape index (κ1) is 10.5. The molecule has 76 valence electrons. The molecule has 0 N–H and O–H groups in total. The maximum absolute atomic E-state index is 5.97. The fraction of sp³-hybridized carbons (Fsp3) is 0.500. The van der Waals surface area contributed by atoms with Crippen LogP contribution in [0.5, 0.6) is 0 Å². The Hall–Kier alpha value is -0.0100. The van der Waals surface area contributed by atoms with Gasteiger partial charge in [-0.2, -0.15) is 0 Å². The maximum atomic E-state index is 5.97. The van der Waals surface area contributed by atoms with E-state index in [0.717, 1.165) is 22.7 Å². The van der Waals surface area contributed by atoms with Crippen molar-refractivity contribution in [2.75, 3.05) is 5.88 Å². The van der Waals surface area contributed by atoms with Crippen molar-refractivity contribution >= 4 is 27.5 Å². The van der Waals surface area contributed by atoms with Crippen molar-refractivity contribution in [1.82, 2.24) is 0 Å². The first-order valence-electron chi connectivity index (χ1n) is 5.10. The summed E-state index contributed by atoms with van der Waals surface area (Å²) >= 11 is 9.42. The summed E-state index contributed by atoms with van der Waals surface area (Å²) in [4.78, 5) is 0. The molecular weight excluding hydrogens is 259 g/mol. The third-order valence-corrected chi connectivity index (χ3v) is 3.82. The van der Waals surface area contributed by atoms with Crippen molar-refractivity contribution in [3.05, 3.63) is 34.3 Å². The maximum Gasteiger partial charge on any atom is 0.0257 e. The number of hydrogen-bond donors (Lipinski definition) is 0. The van der Waals surface area contributed by atoms with E-state index in [1.165, 1.54) is 18.4 Å². The minimum Gasteiger partial charge on any atom is -0.126 e. The zero-order valence-corrected chi connectivity index (χ0v) is 10.4. The fourth-order valence-corrected chi connectivity index (χ4v) is 2.46. The highest BCUT2D eigenvalue weighted by Gasteiger charge is 2.30. The standard InChI is InChI=1S/C12H14BrCl/c13-12-5-1-9(2-6-12)7-11(8-14)10-3-4-10/h1-2,5-6,10-11H,3-4,7-8H2. The van der Waals surface area contributed by atoms with Gasteiger partial charge in [0.2, 0.25) is 0 Å². The second-order valence-electron chi connectivity index (χ2n) is 4.08. The lowest BCUT2D eigenvalue weighted by Crippen LogP contribution is -2.08. The van der Waals surface area contributed by atoms with Crippen LogP contribution in [0.4, 0.5) is 0 Å². The van der Waals surface area contributed by atoms with Gasteiger partial charge in [-0.15, -0.1) is 11.6 Å². The predicted molar refractivity (Wildman–Crippen MR) is 64.8 cm³/mol. The molecule has 0 saturated heterocycles. The van der Waals surface area contributed by atoms with Crippen molar-refractivity contribution in [3.8, 4) is 0 Å². The van der Waals surface area contributed by atoms with E-state index < -0.39 is 0 Å². The van der Waals surface area contributed by atoms with Crippen LogP contribution in [-0.4, -0.2) is 5.88 Å². The highest BCUT2D eigenvalue weighted by molar-refractivity contribution is 9.10. The molecule has 0 nitrogen and oxygen atoms in total. The molecule has 0 radical (unpaired) electrons. The van der Waals surface area contributed by atoms with E-state index in [4.69, 9.17) is 11.6 Å². The van der Waals surface area contributed by atoms with Gasteiger partial charge in [-0.05, 0) is 48.8 Å². The van der Waals surface area contributed by atoms with Crippen LogP contribution in [0.1, 0.15) is 18.4 Å². The van der Waals surface area contributed by atoms with E-state index in [1.807, 2.05) is 0 Å². The van der Waals surface area contributed by atoms with Crippen LogP contribution in [0.3, 0.4) is 0 Å². The van der Waals surface area contributed by atoms with Gasteiger partial charge in [0, 0.05) is 10.4 Å². The fourth-order valence-electron chi connectivity index (χ4n) is 1.84. The molecule has 1 atom stereocenters. The summed E-state index contributed by atoms with van der Waals surface area (Å²) in [6.07, 6.45) is 3.91. The minimum absolute atomic E-state index is 0.692. The van der Waals surface area contributed by atoms with E-state index in [2.05, 4.69) is 40.2 Å². The second-order valence-corrected chi connectivity index (χ2v) is 5.31. The summed E-state index contributed by atoms with van der Waals surface area (Å²) in [5.41, 5.74) is 1.41. The van der Waals surface area contributed by atoms with Crippen molar-refractivity contribution in [3.63, 3.8) is 0 Å². The minimum atomic E-state index is 0.692. The van der Waals surface area contributed by atoms with Crippen LogP contribution >= 0.6 is 27.5 Å².